The number of rotatable bonds is 0. The first-order valence-electron chi connectivity index (χ1n) is 13.9. The molecule has 7 aliphatic rings. The fraction of sp³-hybridized carbons (Fsp3) is 0.156. The lowest BCUT2D eigenvalue weighted by Crippen LogP contribution is -2.82. The first kappa shape index (κ1) is 20.9. The minimum atomic E-state index is -0.680. The van der Waals surface area contributed by atoms with Crippen molar-refractivity contribution >= 4 is 23.5 Å². The van der Waals surface area contributed by atoms with Crippen molar-refractivity contribution in [3.8, 4) is 22.6 Å². The Balaban J connectivity index is 1.34. The van der Waals surface area contributed by atoms with Gasteiger partial charge in [-0.05, 0) is 58.7 Å². The van der Waals surface area contributed by atoms with Crippen molar-refractivity contribution in [1.29, 1.82) is 0 Å². The van der Waals surface area contributed by atoms with Gasteiger partial charge in [-0.1, -0.05) is 47.8 Å². The fourth-order valence-corrected chi connectivity index (χ4v) is 11.3. The number of nitrogens with one attached hydrogen (secondary N) is 2. The molecule has 7 heterocycles. The second-order valence-electron chi connectivity index (χ2n) is 11.5. The normalized spacial score (nSPS) is 26.3. The van der Waals surface area contributed by atoms with Crippen LogP contribution < -0.4 is 29.4 Å². The van der Waals surface area contributed by atoms with Gasteiger partial charge >= 0.3 is 11.5 Å². The van der Waals surface area contributed by atoms with E-state index in [1.165, 1.54) is 64.4 Å². The van der Waals surface area contributed by atoms with Crippen LogP contribution >= 0.6 is 23.5 Å². The van der Waals surface area contributed by atoms with Crippen LogP contribution in [0.1, 0.15) is 45.1 Å². The average Bonchev–Trinajstić information content (AvgIpc) is 3.35. The molecule has 4 aromatic carbocycles. The Kier molecular flexibility index (Phi) is 3.29. The summed E-state index contributed by atoms with van der Waals surface area (Å²) in [6.45, 7) is 0.827. The molecule has 1 aliphatic carbocycles. The van der Waals surface area contributed by atoms with Crippen LogP contribution in [0.15, 0.2) is 92.6 Å². The maximum absolute atomic E-state index is 6.26. The molecule has 3 atom stereocenters. The summed E-state index contributed by atoms with van der Waals surface area (Å²) >= 11 is 3.70. The number of nitrogens with zero attached hydrogens (tertiary/aromatic N) is 3. The van der Waals surface area contributed by atoms with Crippen LogP contribution in [-0.2, 0) is 11.3 Å². The number of ether oxygens (including phenoxy) is 2. The van der Waals surface area contributed by atoms with E-state index in [4.69, 9.17) is 14.6 Å². The largest absolute Gasteiger partial charge is 0.477 e. The van der Waals surface area contributed by atoms with Gasteiger partial charge in [0.1, 0.15) is 36.1 Å². The molecule has 0 amide bonds. The van der Waals surface area contributed by atoms with Crippen LogP contribution in [0.2, 0.25) is 0 Å². The van der Waals surface area contributed by atoms with Crippen molar-refractivity contribution in [2.45, 2.75) is 36.8 Å². The second kappa shape index (κ2) is 6.44. The zero-order valence-corrected chi connectivity index (χ0v) is 23.0. The number of aromatic nitrogens is 3. The van der Waals surface area contributed by atoms with Crippen LogP contribution in [0.5, 0.6) is 11.5 Å². The second-order valence-corrected chi connectivity index (χ2v) is 13.7. The lowest BCUT2D eigenvalue weighted by atomic mass is 9.73. The van der Waals surface area contributed by atoms with E-state index in [0.29, 0.717) is 13.5 Å². The minimum Gasteiger partial charge on any atom is -0.477 e. The minimum absolute atomic E-state index is 0.0766. The molecule has 2 spiro atoms. The van der Waals surface area contributed by atoms with Crippen LogP contribution in [0.3, 0.4) is 0 Å². The summed E-state index contributed by atoms with van der Waals surface area (Å²) in [7, 11) is 0. The van der Waals surface area contributed by atoms with Crippen molar-refractivity contribution < 1.29 is 18.7 Å². The van der Waals surface area contributed by atoms with Crippen molar-refractivity contribution in [2.24, 2.45) is 0 Å². The summed E-state index contributed by atoms with van der Waals surface area (Å²) in [4.78, 5) is 5.02. The SMILES string of the molecule is c1cc2c3c(c1)Sc1ccc4c5c1C3(NCO2)[n+]1ccn[n+]2c1C5c1c-4ccc3c1C21NCOc2cccc(c21)S3. The molecule has 41 heavy (non-hydrogen) atoms. The lowest BCUT2D eigenvalue weighted by molar-refractivity contribution is -0.915. The maximum Gasteiger partial charge on any atom is 0.459 e. The molecule has 2 N–H and O–H groups in total. The number of fused-ring (bicyclic) bond motifs is 1. The molecule has 6 aliphatic heterocycles. The zero-order valence-electron chi connectivity index (χ0n) is 21.4. The fourth-order valence-electron chi connectivity index (χ4n) is 8.83. The Morgan fingerprint density at radius 1 is 0.707 bits per heavy atom. The van der Waals surface area contributed by atoms with E-state index < -0.39 is 11.3 Å². The predicted molar refractivity (Wildman–Crippen MR) is 148 cm³/mol. The monoisotopic (exact) mass is 569 g/mol. The molecule has 1 aromatic heterocycles. The summed E-state index contributed by atoms with van der Waals surface area (Å²) in [5.41, 5.74) is 9.20. The zero-order chi connectivity index (χ0) is 26.2. The highest BCUT2D eigenvalue weighted by molar-refractivity contribution is 7.99. The van der Waals surface area contributed by atoms with Gasteiger partial charge in [0.05, 0.1) is 11.1 Å². The molecule has 3 unspecified atom stereocenters. The van der Waals surface area contributed by atoms with Gasteiger partial charge in [0.25, 0.3) is 5.66 Å². The van der Waals surface area contributed by atoms with Gasteiger partial charge in [-0.15, -0.1) is 4.57 Å². The third kappa shape index (κ3) is 1.97. The van der Waals surface area contributed by atoms with E-state index >= 15 is 0 Å². The Hall–Kier alpha value is -3.89. The Morgan fingerprint density at radius 3 is 1.98 bits per heavy atom. The molecule has 5 aromatic rings. The molecule has 0 bridgehead atoms. The molecular weight excluding hydrogens is 551 g/mol. The summed E-state index contributed by atoms with van der Waals surface area (Å²) in [6, 6.07) is 22.2. The van der Waals surface area contributed by atoms with E-state index in [1.807, 2.05) is 29.7 Å². The van der Waals surface area contributed by atoms with Gasteiger partial charge < -0.3 is 9.47 Å². The van der Waals surface area contributed by atoms with E-state index in [-0.39, 0.29) is 5.92 Å². The van der Waals surface area contributed by atoms with Gasteiger partial charge in [-0.25, -0.2) is 10.6 Å². The summed E-state index contributed by atoms with van der Waals surface area (Å²) in [5.74, 6) is 3.11. The Morgan fingerprint density at radius 2 is 1.29 bits per heavy atom. The van der Waals surface area contributed by atoms with Gasteiger partial charge in [0.15, 0.2) is 12.1 Å². The molecule has 194 valence electrons. The van der Waals surface area contributed by atoms with Gasteiger partial charge in [-0.3, -0.25) is 0 Å². The first-order valence-corrected chi connectivity index (χ1v) is 15.5. The molecule has 9 heteroatoms. The van der Waals surface area contributed by atoms with E-state index in [1.54, 1.807) is 0 Å². The van der Waals surface area contributed by atoms with E-state index in [9.17, 15) is 0 Å². The van der Waals surface area contributed by atoms with E-state index in [0.717, 1.165) is 17.1 Å². The van der Waals surface area contributed by atoms with Gasteiger partial charge in [0, 0.05) is 29.4 Å². The molecule has 0 radical (unpaired) electrons. The molecule has 0 saturated carbocycles. The van der Waals surface area contributed by atoms with Crippen LogP contribution in [0.25, 0.3) is 11.1 Å². The maximum atomic E-state index is 6.26. The Bertz CT molecular complexity index is 2020. The van der Waals surface area contributed by atoms with Crippen molar-refractivity contribution in [3.63, 3.8) is 0 Å². The quantitative estimate of drug-likeness (QED) is 0.270. The number of hydrogen-bond acceptors (Lipinski definition) is 7. The van der Waals surface area contributed by atoms with Gasteiger partial charge in [-0.2, -0.15) is 0 Å². The number of hydrogen-bond donors (Lipinski definition) is 2. The first-order chi connectivity index (χ1) is 20.3. The summed E-state index contributed by atoms with van der Waals surface area (Å²) in [6.07, 6.45) is 4.14. The molecule has 12 rings (SSSR count). The van der Waals surface area contributed by atoms with Crippen LogP contribution in [-0.4, -0.2) is 18.6 Å². The number of benzene rings is 4. The van der Waals surface area contributed by atoms with E-state index in [2.05, 4.69) is 86.7 Å². The van der Waals surface area contributed by atoms with Crippen molar-refractivity contribution in [3.05, 3.63) is 112 Å². The highest BCUT2D eigenvalue weighted by Crippen LogP contribution is 2.65. The van der Waals surface area contributed by atoms with Crippen molar-refractivity contribution in [1.82, 2.24) is 15.7 Å². The predicted octanol–water partition coefficient (Wildman–Crippen LogP) is 3.75. The lowest BCUT2D eigenvalue weighted by Gasteiger charge is -2.46. The van der Waals surface area contributed by atoms with Crippen molar-refractivity contribution in [2.75, 3.05) is 13.5 Å². The third-order valence-electron chi connectivity index (χ3n) is 10.1. The van der Waals surface area contributed by atoms with Crippen LogP contribution in [0, 0.1) is 0 Å². The van der Waals surface area contributed by atoms with Crippen LogP contribution in [0.4, 0.5) is 0 Å². The standard InChI is InChI=1S/C32H19N5O2S2/c1-3-17-26-19(5-1)40-21-9-7-15-16-8-10-22-29-24(16)25-23(15)28(21)31(26,33-13-38-17)36-12-11-35-37(30(25)36)32(29)27-18(39-14-34-32)4-2-6-20(27)41-22/h1-12,25,33-34H,13-14H2/q+2. The average molecular weight is 570 g/mol. The van der Waals surface area contributed by atoms with Gasteiger partial charge in [0.2, 0.25) is 6.20 Å². The topological polar surface area (TPSA) is 63.2 Å². The third-order valence-corrected chi connectivity index (χ3v) is 12.3. The smallest absolute Gasteiger partial charge is 0.459 e. The molecule has 0 fully saturated rings. The molecular formula is C32H19N5O2S2+2. The summed E-state index contributed by atoms with van der Waals surface area (Å²) in [5, 5.41) is 13.0. The molecule has 7 nitrogen and oxygen atoms in total. The molecule has 0 saturated heterocycles. The summed E-state index contributed by atoms with van der Waals surface area (Å²) < 4.78 is 17.3. The Labute approximate surface area is 242 Å². The highest BCUT2D eigenvalue weighted by atomic mass is 32.2. The highest BCUT2D eigenvalue weighted by Gasteiger charge is 2.72.